The number of benzene rings is 2. The van der Waals surface area contributed by atoms with Crippen molar-refractivity contribution in [2.45, 2.75) is 45.2 Å². The molecular weight excluding hydrogens is 409 g/mol. The van der Waals surface area contributed by atoms with E-state index < -0.39 is 6.04 Å². The lowest BCUT2D eigenvalue weighted by Crippen LogP contribution is -2.35. The Morgan fingerprint density at radius 1 is 1.22 bits per heavy atom. The molecule has 1 aliphatic rings. The van der Waals surface area contributed by atoms with Crippen molar-refractivity contribution in [2.24, 2.45) is 0 Å². The third-order valence-corrected chi connectivity index (χ3v) is 5.83. The summed E-state index contributed by atoms with van der Waals surface area (Å²) in [6, 6.07) is 10.5. The van der Waals surface area contributed by atoms with E-state index in [0.717, 1.165) is 5.57 Å². The summed E-state index contributed by atoms with van der Waals surface area (Å²) in [5.41, 5.74) is 2.46. The van der Waals surface area contributed by atoms with Crippen molar-refractivity contribution in [1.82, 2.24) is 14.9 Å². The average molecular weight is 433 g/mol. The monoisotopic (exact) mass is 433 g/mol. The quantitative estimate of drug-likeness (QED) is 0.624. The van der Waals surface area contributed by atoms with E-state index in [2.05, 4.69) is 16.9 Å². The Bertz CT molecular complexity index is 1280. The van der Waals surface area contributed by atoms with Crippen LogP contribution >= 0.6 is 0 Å². The number of nitrogens with one attached hydrogen (secondary N) is 1. The fourth-order valence-electron chi connectivity index (χ4n) is 4.21. The highest BCUT2D eigenvalue weighted by atomic mass is 19.1. The molecule has 1 fully saturated rings. The molecule has 2 aromatic carbocycles. The summed E-state index contributed by atoms with van der Waals surface area (Å²) in [5.74, 6) is -0.136. The number of nitrogens with zero attached hydrogens (tertiary/aromatic N) is 2. The Kier molecular flexibility index (Phi) is 5.99. The Labute approximate surface area is 184 Å². The molecule has 1 N–H and O–H groups in total. The fourth-order valence-corrected chi connectivity index (χ4v) is 4.21. The van der Waals surface area contributed by atoms with Gasteiger partial charge in [0.2, 0.25) is 5.91 Å². The van der Waals surface area contributed by atoms with Crippen LogP contribution in [0, 0.1) is 12.7 Å². The van der Waals surface area contributed by atoms with E-state index >= 15 is 0 Å². The molecule has 7 heteroatoms. The van der Waals surface area contributed by atoms with Gasteiger partial charge >= 0.3 is 0 Å². The minimum Gasteiger partial charge on any atom is -0.352 e. The number of rotatable bonds is 5. The van der Waals surface area contributed by atoms with Crippen LogP contribution in [0.25, 0.3) is 10.9 Å². The van der Waals surface area contributed by atoms with Gasteiger partial charge in [-0.1, -0.05) is 36.4 Å². The zero-order chi connectivity index (χ0) is 22.8. The van der Waals surface area contributed by atoms with Crippen molar-refractivity contribution in [3.8, 4) is 0 Å². The number of ketones is 1. The van der Waals surface area contributed by atoms with Gasteiger partial charge in [-0.3, -0.25) is 19.0 Å². The van der Waals surface area contributed by atoms with Gasteiger partial charge in [0.1, 0.15) is 11.6 Å². The number of amides is 1. The topological polar surface area (TPSA) is 81.1 Å². The van der Waals surface area contributed by atoms with E-state index in [0.29, 0.717) is 40.7 Å². The molecule has 4 rings (SSSR count). The van der Waals surface area contributed by atoms with Crippen molar-refractivity contribution in [2.75, 3.05) is 0 Å². The van der Waals surface area contributed by atoms with Crippen LogP contribution in [-0.4, -0.2) is 21.2 Å². The predicted molar refractivity (Wildman–Crippen MR) is 120 cm³/mol. The van der Waals surface area contributed by atoms with Crippen molar-refractivity contribution in [1.29, 1.82) is 0 Å². The SMILES string of the molecule is C=C1CCC(n2c(C)nc3cccc(CNC(=O)Cc4ccc(F)cc4)c3c2=O)C(=O)C1. The van der Waals surface area contributed by atoms with Crippen molar-refractivity contribution in [3.63, 3.8) is 0 Å². The Balaban J connectivity index is 1.61. The van der Waals surface area contributed by atoms with Crippen LogP contribution in [0.5, 0.6) is 0 Å². The normalized spacial score (nSPS) is 16.4. The largest absolute Gasteiger partial charge is 0.352 e. The van der Waals surface area contributed by atoms with Gasteiger partial charge < -0.3 is 5.32 Å². The fraction of sp³-hybridized carbons (Fsp3) is 0.280. The predicted octanol–water partition coefficient (Wildman–Crippen LogP) is 3.55. The molecule has 1 amide bonds. The number of aromatic nitrogens is 2. The maximum absolute atomic E-state index is 13.5. The molecule has 0 bridgehead atoms. The first kappa shape index (κ1) is 21.6. The molecule has 0 saturated heterocycles. The second-order valence-electron chi connectivity index (χ2n) is 8.17. The molecular formula is C25H24FN3O3. The van der Waals surface area contributed by atoms with Gasteiger partial charge in [-0.2, -0.15) is 0 Å². The van der Waals surface area contributed by atoms with E-state index in [9.17, 15) is 18.8 Å². The number of halogens is 1. The summed E-state index contributed by atoms with van der Waals surface area (Å²) in [4.78, 5) is 43.0. The molecule has 1 saturated carbocycles. The lowest BCUT2D eigenvalue weighted by Gasteiger charge is -2.26. The molecule has 1 atom stereocenters. The van der Waals surface area contributed by atoms with Gasteiger partial charge in [0, 0.05) is 13.0 Å². The molecule has 1 unspecified atom stereocenters. The molecule has 0 spiro atoms. The number of fused-ring (bicyclic) bond motifs is 1. The molecule has 164 valence electrons. The summed E-state index contributed by atoms with van der Waals surface area (Å²) in [6.07, 6.45) is 1.60. The molecule has 0 aliphatic heterocycles. The number of carbonyl (C=O) groups excluding carboxylic acids is 2. The van der Waals surface area contributed by atoms with Gasteiger partial charge in [-0.25, -0.2) is 9.37 Å². The molecule has 1 aliphatic carbocycles. The number of carbonyl (C=O) groups is 2. The minimum atomic E-state index is -0.550. The number of Topliss-reactive ketones (excluding diaryl/α,β-unsaturated/α-hetero) is 1. The second-order valence-corrected chi connectivity index (χ2v) is 8.17. The maximum atomic E-state index is 13.5. The van der Waals surface area contributed by atoms with E-state index in [1.165, 1.54) is 16.7 Å². The lowest BCUT2D eigenvalue weighted by atomic mass is 9.90. The van der Waals surface area contributed by atoms with Crippen molar-refractivity contribution in [3.05, 3.63) is 87.7 Å². The molecule has 6 nitrogen and oxygen atoms in total. The van der Waals surface area contributed by atoms with Crippen LogP contribution in [0.4, 0.5) is 4.39 Å². The smallest absolute Gasteiger partial charge is 0.262 e. The highest BCUT2D eigenvalue weighted by molar-refractivity contribution is 5.87. The second kappa shape index (κ2) is 8.86. The average Bonchev–Trinajstić information content (AvgIpc) is 2.75. The Morgan fingerprint density at radius 3 is 2.69 bits per heavy atom. The van der Waals surface area contributed by atoms with Crippen LogP contribution in [-0.2, 0) is 22.6 Å². The van der Waals surface area contributed by atoms with Crippen LogP contribution in [0.2, 0.25) is 0 Å². The highest BCUT2D eigenvalue weighted by Gasteiger charge is 2.28. The first-order valence-electron chi connectivity index (χ1n) is 10.5. The van der Waals surface area contributed by atoms with Crippen LogP contribution in [0.3, 0.4) is 0 Å². The zero-order valence-electron chi connectivity index (χ0n) is 17.9. The van der Waals surface area contributed by atoms with Gasteiger partial charge in [-0.05, 0) is 49.1 Å². The summed E-state index contributed by atoms with van der Waals surface area (Å²) < 4.78 is 14.5. The van der Waals surface area contributed by atoms with E-state index in [-0.39, 0.29) is 42.5 Å². The summed E-state index contributed by atoms with van der Waals surface area (Å²) in [6.45, 7) is 5.77. The van der Waals surface area contributed by atoms with Crippen LogP contribution < -0.4 is 10.9 Å². The zero-order valence-corrected chi connectivity index (χ0v) is 17.9. The van der Waals surface area contributed by atoms with Crippen LogP contribution in [0.15, 0.2) is 59.4 Å². The molecule has 3 aromatic rings. The number of hydrogen-bond donors (Lipinski definition) is 1. The molecule has 0 radical (unpaired) electrons. The number of allylic oxidation sites excluding steroid dienone is 1. The Morgan fingerprint density at radius 2 is 1.97 bits per heavy atom. The molecule has 1 aromatic heterocycles. The standard InChI is InChI=1S/C25H24FN3O3/c1-15-6-11-21(22(30)12-15)29-16(2)28-20-5-3-4-18(24(20)25(29)32)14-27-23(31)13-17-7-9-19(26)10-8-17/h3-5,7-10,21H,1,6,11-14H2,2H3,(H,27,31). The number of hydrogen-bond acceptors (Lipinski definition) is 4. The number of aryl methyl sites for hydroxylation is 1. The van der Waals surface area contributed by atoms with E-state index in [1.807, 2.05) is 0 Å². The van der Waals surface area contributed by atoms with Crippen molar-refractivity contribution < 1.29 is 14.0 Å². The van der Waals surface area contributed by atoms with Crippen molar-refractivity contribution >= 4 is 22.6 Å². The van der Waals surface area contributed by atoms with E-state index in [1.54, 1.807) is 37.3 Å². The maximum Gasteiger partial charge on any atom is 0.262 e. The third-order valence-electron chi connectivity index (χ3n) is 5.83. The molecule has 32 heavy (non-hydrogen) atoms. The summed E-state index contributed by atoms with van der Waals surface area (Å²) in [7, 11) is 0. The summed E-state index contributed by atoms with van der Waals surface area (Å²) >= 11 is 0. The molecule has 1 heterocycles. The Hall–Kier alpha value is -3.61. The van der Waals surface area contributed by atoms with Crippen LogP contribution in [0.1, 0.15) is 42.3 Å². The lowest BCUT2D eigenvalue weighted by molar-refractivity contribution is -0.123. The first-order valence-corrected chi connectivity index (χ1v) is 10.5. The first-order chi connectivity index (χ1) is 15.3. The highest BCUT2D eigenvalue weighted by Crippen LogP contribution is 2.28. The minimum absolute atomic E-state index is 0.0299. The van der Waals surface area contributed by atoms with Gasteiger partial charge in [0.25, 0.3) is 5.56 Å². The van der Waals surface area contributed by atoms with E-state index in [4.69, 9.17) is 0 Å². The van der Waals surface area contributed by atoms with Gasteiger partial charge in [-0.15, -0.1) is 0 Å². The summed E-state index contributed by atoms with van der Waals surface area (Å²) in [5, 5.41) is 3.22. The van der Waals surface area contributed by atoms with Gasteiger partial charge in [0.05, 0.1) is 23.4 Å². The third kappa shape index (κ3) is 4.37. The van der Waals surface area contributed by atoms with Gasteiger partial charge in [0.15, 0.2) is 5.78 Å².